The first-order chi connectivity index (χ1) is 11.6. The van der Waals surface area contributed by atoms with Gasteiger partial charge in [0.25, 0.3) is 0 Å². The molecule has 1 saturated carbocycles. The van der Waals surface area contributed by atoms with Gasteiger partial charge in [0.05, 0.1) is 6.54 Å². The zero-order valence-electron chi connectivity index (χ0n) is 15.2. The van der Waals surface area contributed by atoms with E-state index in [1.807, 2.05) is 6.07 Å². The molecular formula is C19H30FIN4. The number of halogens is 2. The molecule has 3 rings (SSSR count). The van der Waals surface area contributed by atoms with Gasteiger partial charge >= 0.3 is 0 Å². The maximum absolute atomic E-state index is 13.5. The number of nitrogens with one attached hydrogen (secondary N) is 2. The zero-order chi connectivity index (χ0) is 17.0. The van der Waals surface area contributed by atoms with Crippen LogP contribution in [0.4, 0.5) is 4.39 Å². The average Bonchev–Trinajstić information content (AvgIpc) is 3.25. The largest absolute Gasteiger partial charge is 0.357 e. The Balaban J connectivity index is 0.00000225. The van der Waals surface area contributed by atoms with Crippen molar-refractivity contribution in [2.75, 3.05) is 39.8 Å². The molecule has 6 heteroatoms. The molecule has 1 aliphatic heterocycles. The van der Waals surface area contributed by atoms with E-state index in [1.54, 1.807) is 12.1 Å². The number of nitrogens with zero attached hydrogens (tertiary/aromatic N) is 2. The van der Waals surface area contributed by atoms with Crippen LogP contribution in [0.5, 0.6) is 0 Å². The van der Waals surface area contributed by atoms with E-state index in [-0.39, 0.29) is 35.2 Å². The van der Waals surface area contributed by atoms with Gasteiger partial charge in [-0.1, -0.05) is 12.1 Å². The topological polar surface area (TPSA) is 39.7 Å². The minimum atomic E-state index is -0.155. The average molecular weight is 460 g/mol. The third-order valence-corrected chi connectivity index (χ3v) is 5.22. The Morgan fingerprint density at radius 1 is 1.36 bits per heavy atom. The van der Waals surface area contributed by atoms with E-state index in [9.17, 15) is 4.39 Å². The van der Waals surface area contributed by atoms with Crippen LogP contribution >= 0.6 is 24.0 Å². The molecule has 1 heterocycles. The van der Waals surface area contributed by atoms with Crippen molar-refractivity contribution in [3.8, 4) is 0 Å². The Morgan fingerprint density at radius 3 is 2.76 bits per heavy atom. The fourth-order valence-electron chi connectivity index (χ4n) is 3.51. The normalized spacial score (nSPS) is 22.4. The van der Waals surface area contributed by atoms with Crippen molar-refractivity contribution in [2.45, 2.75) is 31.6 Å². The number of benzene rings is 1. The van der Waals surface area contributed by atoms with Gasteiger partial charge in [0.1, 0.15) is 5.82 Å². The second kappa shape index (κ2) is 9.16. The van der Waals surface area contributed by atoms with Gasteiger partial charge < -0.3 is 15.5 Å². The number of hydrogen-bond donors (Lipinski definition) is 2. The fourth-order valence-corrected chi connectivity index (χ4v) is 3.51. The second-order valence-corrected chi connectivity index (χ2v) is 7.28. The van der Waals surface area contributed by atoms with Crippen molar-refractivity contribution in [3.63, 3.8) is 0 Å². The standard InChI is InChI=1S/C19H29FN4.HI/c1-3-21-18(22-12-15-7-10-24(2)13-15)23-14-19(8-9-19)16-5-4-6-17(20)11-16;/h4-6,11,15H,3,7-10,12-14H2,1-2H3,(H2,21,22,23);1H. The summed E-state index contributed by atoms with van der Waals surface area (Å²) in [7, 11) is 2.18. The lowest BCUT2D eigenvalue weighted by Gasteiger charge is -2.18. The van der Waals surface area contributed by atoms with Crippen molar-refractivity contribution in [3.05, 3.63) is 35.6 Å². The molecule has 0 aromatic heterocycles. The highest BCUT2D eigenvalue weighted by atomic mass is 127. The van der Waals surface area contributed by atoms with Crippen molar-refractivity contribution in [1.82, 2.24) is 15.5 Å². The van der Waals surface area contributed by atoms with E-state index in [0.717, 1.165) is 50.5 Å². The Kier molecular flexibility index (Phi) is 7.49. The Bertz CT molecular complexity index is 589. The van der Waals surface area contributed by atoms with Gasteiger partial charge in [-0.3, -0.25) is 4.99 Å². The van der Waals surface area contributed by atoms with Gasteiger partial charge in [0, 0.05) is 25.0 Å². The van der Waals surface area contributed by atoms with Crippen LogP contribution in [0.15, 0.2) is 29.3 Å². The first-order valence-corrected chi connectivity index (χ1v) is 9.08. The van der Waals surface area contributed by atoms with E-state index in [0.29, 0.717) is 5.92 Å². The summed E-state index contributed by atoms with van der Waals surface area (Å²) in [5.41, 5.74) is 1.12. The van der Waals surface area contributed by atoms with Crippen molar-refractivity contribution in [1.29, 1.82) is 0 Å². The molecule has 25 heavy (non-hydrogen) atoms. The monoisotopic (exact) mass is 460 g/mol. The molecule has 2 fully saturated rings. The Hall–Kier alpha value is -0.890. The summed E-state index contributed by atoms with van der Waals surface area (Å²) in [6, 6.07) is 7.00. The predicted octanol–water partition coefficient (Wildman–Crippen LogP) is 2.98. The molecule has 1 atom stereocenters. The number of guanidine groups is 1. The predicted molar refractivity (Wildman–Crippen MR) is 112 cm³/mol. The van der Waals surface area contributed by atoms with E-state index in [4.69, 9.17) is 4.99 Å². The summed E-state index contributed by atoms with van der Waals surface area (Å²) in [5.74, 6) is 1.42. The molecule has 1 unspecified atom stereocenters. The first kappa shape index (κ1) is 20.4. The second-order valence-electron chi connectivity index (χ2n) is 7.28. The fraction of sp³-hybridized carbons (Fsp3) is 0.632. The third-order valence-electron chi connectivity index (χ3n) is 5.22. The maximum atomic E-state index is 13.5. The van der Waals surface area contributed by atoms with E-state index >= 15 is 0 Å². The zero-order valence-corrected chi connectivity index (χ0v) is 17.6. The van der Waals surface area contributed by atoms with Crippen LogP contribution in [0.1, 0.15) is 31.7 Å². The molecule has 140 valence electrons. The van der Waals surface area contributed by atoms with Crippen LogP contribution in [-0.2, 0) is 5.41 Å². The SMILES string of the molecule is CCNC(=NCC1(c2cccc(F)c2)CC1)NCC1CCN(C)C1.I. The molecule has 0 spiro atoms. The molecule has 4 nitrogen and oxygen atoms in total. The number of rotatable bonds is 6. The number of likely N-dealkylation sites (tertiary alicyclic amines) is 1. The van der Waals surface area contributed by atoms with Crippen molar-refractivity contribution >= 4 is 29.9 Å². The summed E-state index contributed by atoms with van der Waals surface area (Å²) >= 11 is 0. The highest BCUT2D eigenvalue weighted by Crippen LogP contribution is 2.48. The third kappa shape index (κ3) is 5.54. The molecule has 0 radical (unpaired) electrons. The smallest absolute Gasteiger partial charge is 0.191 e. The molecule has 1 saturated heterocycles. The van der Waals surface area contributed by atoms with Gasteiger partial charge in [-0.15, -0.1) is 24.0 Å². The molecule has 1 aromatic carbocycles. The summed E-state index contributed by atoms with van der Waals surface area (Å²) in [6.07, 6.45) is 3.43. The summed E-state index contributed by atoms with van der Waals surface area (Å²) in [6.45, 7) is 6.95. The lowest BCUT2D eigenvalue weighted by molar-refractivity contribution is 0.394. The summed E-state index contributed by atoms with van der Waals surface area (Å²) in [4.78, 5) is 7.17. The van der Waals surface area contributed by atoms with Crippen LogP contribution in [-0.4, -0.2) is 50.6 Å². The van der Waals surface area contributed by atoms with Crippen LogP contribution < -0.4 is 10.6 Å². The van der Waals surface area contributed by atoms with E-state index < -0.39 is 0 Å². The van der Waals surface area contributed by atoms with Crippen LogP contribution in [0.2, 0.25) is 0 Å². The molecule has 0 bridgehead atoms. The summed E-state index contributed by atoms with van der Waals surface area (Å²) < 4.78 is 13.5. The van der Waals surface area contributed by atoms with Crippen LogP contribution in [0, 0.1) is 11.7 Å². The molecule has 2 aliphatic rings. The first-order valence-electron chi connectivity index (χ1n) is 9.08. The molecule has 1 aromatic rings. The molecule has 0 amide bonds. The van der Waals surface area contributed by atoms with E-state index in [2.05, 4.69) is 29.5 Å². The van der Waals surface area contributed by atoms with Gasteiger partial charge in [-0.05, 0) is 63.4 Å². The van der Waals surface area contributed by atoms with Gasteiger partial charge in [-0.25, -0.2) is 4.39 Å². The summed E-state index contributed by atoms with van der Waals surface area (Å²) in [5, 5.41) is 6.82. The Labute approximate surface area is 167 Å². The minimum absolute atomic E-state index is 0. The van der Waals surface area contributed by atoms with Gasteiger partial charge in [-0.2, -0.15) is 0 Å². The van der Waals surface area contributed by atoms with Crippen molar-refractivity contribution < 1.29 is 4.39 Å². The molecule has 2 N–H and O–H groups in total. The molecule has 1 aliphatic carbocycles. The van der Waals surface area contributed by atoms with Crippen molar-refractivity contribution in [2.24, 2.45) is 10.9 Å². The van der Waals surface area contributed by atoms with Gasteiger partial charge in [0.15, 0.2) is 5.96 Å². The highest BCUT2D eigenvalue weighted by Gasteiger charge is 2.44. The quantitative estimate of drug-likeness (QED) is 0.390. The minimum Gasteiger partial charge on any atom is -0.357 e. The molecular weight excluding hydrogens is 430 g/mol. The van der Waals surface area contributed by atoms with Gasteiger partial charge in [0.2, 0.25) is 0 Å². The lowest BCUT2D eigenvalue weighted by Crippen LogP contribution is -2.40. The lowest BCUT2D eigenvalue weighted by atomic mass is 9.96. The van der Waals surface area contributed by atoms with Crippen LogP contribution in [0.3, 0.4) is 0 Å². The Morgan fingerprint density at radius 2 is 2.16 bits per heavy atom. The maximum Gasteiger partial charge on any atom is 0.191 e. The number of aliphatic imine (C=N–C) groups is 1. The highest BCUT2D eigenvalue weighted by molar-refractivity contribution is 14.0. The number of hydrogen-bond acceptors (Lipinski definition) is 2. The van der Waals surface area contributed by atoms with Crippen LogP contribution in [0.25, 0.3) is 0 Å². The van der Waals surface area contributed by atoms with E-state index in [1.165, 1.54) is 19.0 Å².